The fourth-order valence-corrected chi connectivity index (χ4v) is 2.12. The summed E-state index contributed by atoms with van der Waals surface area (Å²) in [7, 11) is 0. The topological polar surface area (TPSA) is 51.0 Å². The monoisotopic (exact) mass is 229 g/mol. The van der Waals surface area contributed by atoms with Crippen LogP contribution in [0, 0.1) is 0 Å². The minimum absolute atomic E-state index is 0. The maximum Gasteiger partial charge on any atom is 0.243 e. The predicted octanol–water partition coefficient (Wildman–Crippen LogP) is 2.18. The Morgan fingerprint density at radius 3 is 2.67 bits per heavy atom. The third-order valence-corrected chi connectivity index (χ3v) is 3.29. The van der Waals surface area contributed by atoms with Crippen molar-refractivity contribution in [1.82, 2.24) is 15.5 Å². The standard InChI is InChI=1S/C10H15N3O.ClH/c1-3-7(4-1)9-12-10(14-13-9)8-5-2-6-11-8;/h7-8,11H,1-6H2;1H/t8-;/m0./s1. The molecule has 1 aromatic heterocycles. The lowest BCUT2D eigenvalue weighted by atomic mass is 9.85. The summed E-state index contributed by atoms with van der Waals surface area (Å²) in [6.07, 6.45) is 6.13. The number of rotatable bonds is 2. The highest BCUT2D eigenvalue weighted by Gasteiger charge is 2.27. The third kappa shape index (κ3) is 2.01. The quantitative estimate of drug-likeness (QED) is 0.845. The molecule has 2 fully saturated rings. The normalized spacial score (nSPS) is 26.0. The van der Waals surface area contributed by atoms with Crippen LogP contribution in [0.5, 0.6) is 0 Å². The summed E-state index contributed by atoms with van der Waals surface area (Å²) >= 11 is 0. The molecule has 1 aromatic rings. The summed E-state index contributed by atoms with van der Waals surface area (Å²) in [6.45, 7) is 1.08. The van der Waals surface area contributed by atoms with Crippen molar-refractivity contribution in [2.45, 2.75) is 44.1 Å². The van der Waals surface area contributed by atoms with Crippen molar-refractivity contribution < 1.29 is 4.52 Å². The molecule has 0 unspecified atom stereocenters. The van der Waals surface area contributed by atoms with Crippen LogP contribution in [0.4, 0.5) is 0 Å². The highest BCUT2D eigenvalue weighted by Crippen LogP contribution is 2.35. The summed E-state index contributed by atoms with van der Waals surface area (Å²) in [4.78, 5) is 4.47. The Kier molecular flexibility index (Phi) is 3.26. The average molecular weight is 230 g/mol. The largest absolute Gasteiger partial charge is 0.338 e. The lowest BCUT2D eigenvalue weighted by Gasteiger charge is -2.21. The fourth-order valence-electron chi connectivity index (χ4n) is 2.12. The fraction of sp³-hybridized carbons (Fsp3) is 0.800. The summed E-state index contributed by atoms with van der Waals surface area (Å²) in [5.41, 5.74) is 0. The van der Waals surface area contributed by atoms with E-state index in [1.807, 2.05) is 0 Å². The van der Waals surface area contributed by atoms with Gasteiger partial charge in [-0.05, 0) is 32.2 Å². The summed E-state index contributed by atoms with van der Waals surface area (Å²) in [5, 5.41) is 7.42. The molecule has 1 saturated heterocycles. The van der Waals surface area contributed by atoms with E-state index in [4.69, 9.17) is 4.52 Å². The van der Waals surface area contributed by atoms with Crippen molar-refractivity contribution in [1.29, 1.82) is 0 Å². The van der Waals surface area contributed by atoms with Crippen molar-refractivity contribution in [3.63, 3.8) is 0 Å². The molecule has 0 amide bonds. The smallest absolute Gasteiger partial charge is 0.243 e. The van der Waals surface area contributed by atoms with Gasteiger partial charge in [-0.1, -0.05) is 11.6 Å². The molecule has 0 radical (unpaired) electrons. The molecular formula is C10H16ClN3O. The second-order valence-corrected chi connectivity index (χ2v) is 4.27. The number of hydrogen-bond donors (Lipinski definition) is 1. The Morgan fingerprint density at radius 2 is 2.07 bits per heavy atom. The molecule has 84 valence electrons. The minimum Gasteiger partial charge on any atom is -0.338 e. The molecule has 1 aliphatic carbocycles. The van der Waals surface area contributed by atoms with Crippen LogP contribution in [0.2, 0.25) is 0 Å². The Bertz CT molecular complexity index is 318. The van der Waals surface area contributed by atoms with Crippen molar-refractivity contribution in [2.24, 2.45) is 0 Å². The Balaban J connectivity index is 0.000000853. The summed E-state index contributed by atoms with van der Waals surface area (Å²) < 4.78 is 5.28. The van der Waals surface area contributed by atoms with E-state index < -0.39 is 0 Å². The molecule has 2 heterocycles. The number of hydrogen-bond acceptors (Lipinski definition) is 4. The average Bonchev–Trinajstić information content (AvgIpc) is 2.65. The van der Waals surface area contributed by atoms with Gasteiger partial charge < -0.3 is 9.84 Å². The van der Waals surface area contributed by atoms with Crippen LogP contribution in [0.1, 0.15) is 55.8 Å². The van der Waals surface area contributed by atoms with Crippen LogP contribution in [0.3, 0.4) is 0 Å². The van der Waals surface area contributed by atoms with Gasteiger partial charge in [-0.25, -0.2) is 0 Å². The van der Waals surface area contributed by atoms with Gasteiger partial charge in [0.1, 0.15) is 0 Å². The van der Waals surface area contributed by atoms with Gasteiger partial charge >= 0.3 is 0 Å². The van der Waals surface area contributed by atoms with E-state index in [1.54, 1.807) is 0 Å². The van der Waals surface area contributed by atoms with Gasteiger partial charge in [0.25, 0.3) is 0 Å². The lowest BCUT2D eigenvalue weighted by molar-refractivity contribution is 0.328. The SMILES string of the molecule is C1CC(c2noc([C@@H]3CCCN3)n2)C1.Cl. The first-order valence-electron chi connectivity index (χ1n) is 5.50. The first-order valence-corrected chi connectivity index (χ1v) is 5.50. The number of aromatic nitrogens is 2. The van der Waals surface area contributed by atoms with Gasteiger partial charge in [0, 0.05) is 5.92 Å². The molecule has 1 aliphatic heterocycles. The van der Waals surface area contributed by atoms with E-state index in [1.165, 1.54) is 25.7 Å². The molecule has 4 nitrogen and oxygen atoms in total. The van der Waals surface area contributed by atoms with Crippen LogP contribution < -0.4 is 5.32 Å². The third-order valence-electron chi connectivity index (χ3n) is 3.29. The molecule has 1 saturated carbocycles. The summed E-state index contributed by atoms with van der Waals surface area (Å²) in [5.74, 6) is 2.30. The molecular weight excluding hydrogens is 214 g/mol. The van der Waals surface area contributed by atoms with E-state index in [2.05, 4.69) is 15.5 Å². The first kappa shape index (κ1) is 10.9. The van der Waals surface area contributed by atoms with E-state index in [0.29, 0.717) is 12.0 Å². The van der Waals surface area contributed by atoms with Gasteiger partial charge in [-0.15, -0.1) is 12.4 Å². The molecule has 0 aromatic carbocycles. The molecule has 2 aliphatic rings. The van der Waals surface area contributed by atoms with Gasteiger partial charge in [0.05, 0.1) is 6.04 Å². The van der Waals surface area contributed by atoms with Crippen molar-refractivity contribution in [2.75, 3.05) is 6.54 Å². The van der Waals surface area contributed by atoms with Crippen LogP contribution >= 0.6 is 12.4 Å². The van der Waals surface area contributed by atoms with Crippen LogP contribution in [-0.2, 0) is 0 Å². The first-order chi connectivity index (χ1) is 6.93. The van der Waals surface area contributed by atoms with E-state index in [0.717, 1.165) is 24.7 Å². The highest BCUT2D eigenvalue weighted by molar-refractivity contribution is 5.85. The molecule has 1 atom stereocenters. The van der Waals surface area contributed by atoms with Crippen molar-refractivity contribution in [3.05, 3.63) is 11.7 Å². The minimum atomic E-state index is 0. The second kappa shape index (κ2) is 4.49. The molecule has 0 bridgehead atoms. The van der Waals surface area contributed by atoms with Crippen LogP contribution in [-0.4, -0.2) is 16.7 Å². The van der Waals surface area contributed by atoms with Crippen LogP contribution in [0.15, 0.2) is 4.52 Å². The predicted molar refractivity (Wildman–Crippen MR) is 58.1 cm³/mol. The lowest BCUT2D eigenvalue weighted by Crippen LogP contribution is -2.14. The molecule has 15 heavy (non-hydrogen) atoms. The Labute approximate surface area is 95.2 Å². The van der Waals surface area contributed by atoms with E-state index in [-0.39, 0.29) is 12.4 Å². The molecule has 3 rings (SSSR count). The van der Waals surface area contributed by atoms with Gasteiger partial charge in [0.15, 0.2) is 5.82 Å². The van der Waals surface area contributed by atoms with Gasteiger partial charge in [-0.3, -0.25) is 0 Å². The van der Waals surface area contributed by atoms with Crippen LogP contribution in [0.25, 0.3) is 0 Å². The summed E-state index contributed by atoms with van der Waals surface area (Å²) in [6, 6.07) is 0.316. The van der Waals surface area contributed by atoms with Crippen molar-refractivity contribution in [3.8, 4) is 0 Å². The maximum absolute atomic E-state index is 5.28. The van der Waals surface area contributed by atoms with Gasteiger partial charge in [-0.2, -0.15) is 4.98 Å². The Hall–Kier alpha value is -0.610. The van der Waals surface area contributed by atoms with Crippen molar-refractivity contribution >= 4 is 12.4 Å². The second-order valence-electron chi connectivity index (χ2n) is 4.27. The zero-order chi connectivity index (χ0) is 9.38. The molecule has 1 N–H and O–H groups in total. The zero-order valence-electron chi connectivity index (χ0n) is 8.61. The highest BCUT2D eigenvalue weighted by atomic mass is 35.5. The maximum atomic E-state index is 5.28. The number of nitrogens with zero attached hydrogens (tertiary/aromatic N) is 2. The Morgan fingerprint density at radius 1 is 1.20 bits per heavy atom. The molecule has 5 heteroatoms. The number of nitrogens with one attached hydrogen (secondary N) is 1. The van der Waals surface area contributed by atoms with E-state index in [9.17, 15) is 0 Å². The molecule has 0 spiro atoms. The number of halogens is 1. The zero-order valence-corrected chi connectivity index (χ0v) is 9.42. The van der Waals surface area contributed by atoms with Gasteiger partial charge in [0.2, 0.25) is 5.89 Å². The van der Waals surface area contributed by atoms with E-state index >= 15 is 0 Å².